The third-order valence-electron chi connectivity index (χ3n) is 3.65. The number of hydrogen-bond donors (Lipinski definition) is 1. The van der Waals surface area contributed by atoms with Gasteiger partial charge in [-0.25, -0.2) is 4.79 Å². The van der Waals surface area contributed by atoms with Crippen LogP contribution in [0.15, 0.2) is 30.3 Å². The molecule has 1 amide bonds. The molecule has 0 bridgehead atoms. The number of nitrogens with zero attached hydrogens (tertiary/aromatic N) is 1. The highest BCUT2D eigenvalue weighted by Crippen LogP contribution is 2.22. The first kappa shape index (κ1) is 13.9. The monoisotopic (exact) mass is 262 g/mol. The summed E-state index contributed by atoms with van der Waals surface area (Å²) in [6.45, 7) is 3.73. The first-order valence-corrected chi connectivity index (χ1v) is 6.88. The van der Waals surface area contributed by atoms with Gasteiger partial charge < -0.3 is 15.4 Å². The molecule has 104 valence electrons. The molecule has 2 rings (SSSR count). The van der Waals surface area contributed by atoms with E-state index in [1.165, 1.54) is 0 Å². The van der Waals surface area contributed by atoms with Crippen molar-refractivity contribution in [1.82, 2.24) is 4.90 Å². The van der Waals surface area contributed by atoms with Gasteiger partial charge in [0.1, 0.15) is 6.61 Å². The van der Waals surface area contributed by atoms with Crippen LogP contribution in [0, 0.1) is 5.92 Å². The van der Waals surface area contributed by atoms with Crippen LogP contribution in [-0.2, 0) is 11.3 Å². The normalized spacial score (nSPS) is 23.2. The number of carbonyl (C=O) groups is 1. The fourth-order valence-corrected chi connectivity index (χ4v) is 2.48. The Morgan fingerprint density at radius 1 is 1.37 bits per heavy atom. The number of carbonyl (C=O) groups excluding carboxylic acids is 1. The van der Waals surface area contributed by atoms with Crippen molar-refractivity contribution >= 4 is 6.09 Å². The Kier molecular flexibility index (Phi) is 4.80. The second kappa shape index (κ2) is 6.57. The Hall–Kier alpha value is -1.55. The molecule has 0 aromatic heterocycles. The summed E-state index contributed by atoms with van der Waals surface area (Å²) < 4.78 is 5.38. The maximum Gasteiger partial charge on any atom is 0.410 e. The lowest BCUT2D eigenvalue weighted by Gasteiger charge is -2.37. The lowest BCUT2D eigenvalue weighted by atomic mass is 9.95. The molecule has 0 saturated carbocycles. The van der Waals surface area contributed by atoms with Gasteiger partial charge >= 0.3 is 6.09 Å². The first-order valence-electron chi connectivity index (χ1n) is 6.88. The molecule has 1 heterocycles. The molecule has 0 unspecified atom stereocenters. The van der Waals surface area contributed by atoms with Gasteiger partial charge in [-0.3, -0.25) is 0 Å². The highest BCUT2D eigenvalue weighted by molar-refractivity contribution is 5.68. The third-order valence-corrected chi connectivity index (χ3v) is 3.65. The second-order valence-electron chi connectivity index (χ2n) is 5.26. The summed E-state index contributed by atoms with van der Waals surface area (Å²) in [6, 6.07) is 9.85. The summed E-state index contributed by atoms with van der Waals surface area (Å²) in [5.74, 6) is 0.520. The van der Waals surface area contributed by atoms with Crippen LogP contribution in [0.1, 0.15) is 25.3 Å². The van der Waals surface area contributed by atoms with E-state index in [-0.39, 0.29) is 12.1 Å². The molecule has 4 nitrogen and oxygen atoms in total. The zero-order valence-electron chi connectivity index (χ0n) is 11.4. The molecule has 1 aromatic rings. The number of likely N-dealkylation sites (tertiary alicyclic amines) is 1. The molecule has 19 heavy (non-hydrogen) atoms. The molecule has 1 aliphatic heterocycles. The van der Waals surface area contributed by atoms with Crippen LogP contribution in [0.3, 0.4) is 0 Å². The number of rotatable bonds is 3. The minimum absolute atomic E-state index is 0.125. The summed E-state index contributed by atoms with van der Waals surface area (Å²) in [6.07, 6.45) is 1.86. The topological polar surface area (TPSA) is 55.6 Å². The van der Waals surface area contributed by atoms with Crippen LogP contribution in [0.25, 0.3) is 0 Å². The van der Waals surface area contributed by atoms with Crippen molar-refractivity contribution < 1.29 is 9.53 Å². The van der Waals surface area contributed by atoms with Gasteiger partial charge in [-0.2, -0.15) is 0 Å². The molecular weight excluding hydrogens is 240 g/mol. The minimum atomic E-state index is -0.245. The predicted octanol–water partition coefficient (Wildman–Crippen LogP) is 2.38. The van der Waals surface area contributed by atoms with Gasteiger partial charge in [0, 0.05) is 19.1 Å². The van der Waals surface area contributed by atoms with E-state index < -0.39 is 0 Å². The number of piperidine rings is 1. The molecule has 1 aromatic carbocycles. The summed E-state index contributed by atoms with van der Waals surface area (Å²) in [7, 11) is 0. The van der Waals surface area contributed by atoms with Crippen molar-refractivity contribution in [3.63, 3.8) is 0 Å². The van der Waals surface area contributed by atoms with Gasteiger partial charge in [0.05, 0.1) is 0 Å². The van der Waals surface area contributed by atoms with E-state index in [0.717, 1.165) is 24.9 Å². The maximum absolute atomic E-state index is 12.1. The van der Waals surface area contributed by atoms with E-state index in [0.29, 0.717) is 19.1 Å². The van der Waals surface area contributed by atoms with Crippen LogP contribution < -0.4 is 5.73 Å². The molecule has 2 atom stereocenters. The van der Waals surface area contributed by atoms with Crippen LogP contribution in [0.5, 0.6) is 0 Å². The molecule has 0 aliphatic carbocycles. The molecule has 4 heteroatoms. The van der Waals surface area contributed by atoms with Crippen molar-refractivity contribution in [2.75, 3.05) is 13.1 Å². The number of benzene rings is 1. The van der Waals surface area contributed by atoms with Crippen LogP contribution >= 0.6 is 0 Å². The molecular formula is C15H22N2O2. The zero-order valence-corrected chi connectivity index (χ0v) is 11.4. The summed E-state index contributed by atoms with van der Waals surface area (Å²) >= 11 is 0. The van der Waals surface area contributed by atoms with Gasteiger partial charge in [-0.15, -0.1) is 0 Å². The predicted molar refractivity (Wildman–Crippen MR) is 74.6 cm³/mol. The Labute approximate surface area is 114 Å². The Balaban J connectivity index is 1.90. The average Bonchev–Trinajstić information content (AvgIpc) is 2.46. The van der Waals surface area contributed by atoms with Crippen LogP contribution in [0.4, 0.5) is 4.79 Å². The molecule has 1 saturated heterocycles. The maximum atomic E-state index is 12.1. The van der Waals surface area contributed by atoms with Crippen LogP contribution in [0.2, 0.25) is 0 Å². The van der Waals surface area contributed by atoms with Gasteiger partial charge in [0.2, 0.25) is 0 Å². The van der Waals surface area contributed by atoms with Crippen molar-refractivity contribution in [2.45, 2.75) is 32.4 Å². The Morgan fingerprint density at radius 3 is 2.79 bits per heavy atom. The fourth-order valence-electron chi connectivity index (χ4n) is 2.48. The van der Waals surface area contributed by atoms with Crippen molar-refractivity contribution in [3.05, 3.63) is 35.9 Å². The standard InChI is InChI=1S/C15H22N2O2/c1-12-7-8-14(9-16)17(10-12)15(18)19-11-13-5-3-2-4-6-13/h2-6,12,14H,7-11,16H2,1H3/t12-,14+/m0/s1. The lowest BCUT2D eigenvalue weighted by molar-refractivity contribution is 0.0588. The second-order valence-corrected chi connectivity index (χ2v) is 5.26. The summed E-state index contributed by atoms with van der Waals surface area (Å²) in [5, 5.41) is 0. The quantitative estimate of drug-likeness (QED) is 0.910. The third kappa shape index (κ3) is 3.70. The zero-order chi connectivity index (χ0) is 13.7. The number of ether oxygens (including phenoxy) is 1. The largest absolute Gasteiger partial charge is 0.445 e. The summed E-state index contributed by atoms with van der Waals surface area (Å²) in [5.41, 5.74) is 6.74. The molecule has 1 aliphatic rings. The first-order chi connectivity index (χ1) is 9.20. The van der Waals surface area contributed by atoms with E-state index in [2.05, 4.69) is 6.92 Å². The number of hydrogen-bond acceptors (Lipinski definition) is 3. The SMILES string of the molecule is C[C@H]1CC[C@H](CN)N(C(=O)OCc2ccccc2)C1. The Morgan fingerprint density at radius 2 is 2.11 bits per heavy atom. The molecule has 0 spiro atoms. The minimum Gasteiger partial charge on any atom is -0.445 e. The van der Waals surface area contributed by atoms with Crippen molar-refractivity contribution in [2.24, 2.45) is 11.7 Å². The van der Waals surface area contributed by atoms with E-state index >= 15 is 0 Å². The Bertz CT molecular complexity index is 408. The summed E-state index contributed by atoms with van der Waals surface area (Å²) in [4.78, 5) is 13.9. The smallest absolute Gasteiger partial charge is 0.410 e. The lowest BCUT2D eigenvalue weighted by Crippen LogP contribution is -2.49. The van der Waals surface area contributed by atoms with Gasteiger partial charge in [0.15, 0.2) is 0 Å². The number of nitrogens with two attached hydrogens (primary N) is 1. The van der Waals surface area contributed by atoms with Crippen LogP contribution in [-0.4, -0.2) is 30.1 Å². The average molecular weight is 262 g/mol. The van der Waals surface area contributed by atoms with E-state index in [9.17, 15) is 4.79 Å². The molecule has 2 N–H and O–H groups in total. The highest BCUT2D eigenvalue weighted by atomic mass is 16.6. The van der Waals surface area contributed by atoms with Crippen molar-refractivity contribution in [3.8, 4) is 0 Å². The number of amides is 1. The van der Waals surface area contributed by atoms with E-state index in [1.54, 1.807) is 4.90 Å². The van der Waals surface area contributed by atoms with E-state index in [1.807, 2.05) is 30.3 Å². The van der Waals surface area contributed by atoms with E-state index in [4.69, 9.17) is 10.5 Å². The van der Waals surface area contributed by atoms with Gasteiger partial charge in [-0.05, 0) is 24.3 Å². The van der Waals surface area contributed by atoms with Crippen molar-refractivity contribution in [1.29, 1.82) is 0 Å². The highest BCUT2D eigenvalue weighted by Gasteiger charge is 2.29. The fraction of sp³-hybridized carbons (Fsp3) is 0.533. The molecule has 0 radical (unpaired) electrons. The van der Waals surface area contributed by atoms with Gasteiger partial charge in [0.25, 0.3) is 0 Å². The molecule has 1 fully saturated rings. The van der Waals surface area contributed by atoms with Gasteiger partial charge in [-0.1, -0.05) is 37.3 Å².